The van der Waals surface area contributed by atoms with Gasteiger partial charge in [-0.15, -0.1) is 0 Å². The molecule has 7 heteroatoms. The molecule has 0 spiro atoms. The Bertz CT molecular complexity index is 1140. The number of ether oxygens (including phenoxy) is 1. The summed E-state index contributed by atoms with van der Waals surface area (Å²) in [7, 11) is 1.60. The molecule has 2 atom stereocenters. The smallest absolute Gasteiger partial charge is 0.262 e. The number of carbonyl (C=O) groups is 1. The summed E-state index contributed by atoms with van der Waals surface area (Å²) in [5.74, 6) is 0.0261. The highest BCUT2D eigenvalue weighted by Crippen LogP contribution is 2.34. The molecule has 2 unspecified atom stereocenters. The lowest BCUT2D eigenvalue weighted by Gasteiger charge is -2.26. The fourth-order valence-corrected chi connectivity index (χ4v) is 4.91. The van der Waals surface area contributed by atoms with E-state index in [9.17, 15) is 9.59 Å². The van der Waals surface area contributed by atoms with Crippen LogP contribution in [0.15, 0.2) is 58.5 Å². The zero-order valence-corrected chi connectivity index (χ0v) is 18.2. The lowest BCUT2D eigenvalue weighted by Crippen LogP contribution is -2.40. The molecule has 0 aliphatic carbocycles. The topological polar surface area (TPSA) is 64.4 Å². The molecule has 1 aromatic heterocycles. The van der Waals surface area contributed by atoms with E-state index < -0.39 is 0 Å². The largest absolute Gasteiger partial charge is 0.383 e. The maximum Gasteiger partial charge on any atom is 0.262 e. The zero-order valence-electron chi connectivity index (χ0n) is 17.4. The summed E-state index contributed by atoms with van der Waals surface area (Å²) in [4.78, 5) is 33.0. The Kier molecular flexibility index (Phi) is 5.92. The number of benzene rings is 2. The van der Waals surface area contributed by atoms with Crippen LogP contribution in [0.5, 0.6) is 0 Å². The van der Waals surface area contributed by atoms with Crippen LogP contribution in [0.1, 0.15) is 19.4 Å². The van der Waals surface area contributed by atoms with Crippen molar-refractivity contribution in [3.63, 3.8) is 0 Å². The molecule has 4 rings (SSSR count). The fourth-order valence-electron chi connectivity index (χ4n) is 3.92. The van der Waals surface area contributed by atoms with E-state index in [-0.39, 0.29) is 22.8 Å². The standard InChI is InChI=1S/C23H25N3O3S/c1-15-14-17-8-4-7-11-20(17)26(15)21(27)16(2)30-23-24-19-10-6-5-9-18(19)22(28)25(23)12-13-29-3/h4-11,15-16H,12-14H2,1-3H3. The van der Waals surface area contributed by atoms with Crippen LogP contribution in [0.25, 0.3) is 10.9 Å². The fraction of sp³-hybridized carbons (Fsp3) is 0.348. The van der Waals surface area contributed by atoms with Crippen LogP contribution < -0.4 is 10.5 Å². The van der Waals surface area contributed by atoms with Gasteiger partial charge in [0, 0.05) is 18.8 Å². The van der Waals surface area contributed by atoms with Crippen molar-refractivity contribution in [1.29, 1.82) is 0 Å². The van der Waals surface area contributed by atoms with Crippen LogP contribution in [0.2, 0.25) is 0 Å². The third-order valence-corrected chi connectivity index (χ3v) is 6.50. The Labute approximate surface area is 179 Å². The second-order valence-electron chi connectivity index (χ2n) is 7.51. The molecule has 1 amide bonds. The molecule has 2 aromatic carbocycles. The predicted octanol–water partition coefficient (Wildman–Crippen LogP) is 3.50. The van der Waals surface area contributed by atoms with Gasteiger partial charge in [-0.1, -0.05) is 42.1 Å². The molecule has 1 aliphatic rings. The van der Waals surface area contributed by atoms with Gasteiger partial charge in [0.05, 0.1) is 29.3 Å². The number of amides is 1. The Morgan fingerprint density at radius 1 is 1.23 bits per heavy atom. The minimum atomic E-state index is -0.388. The van der Waals surface area contributed by atoms with Crippen molar-refractivity contribution in [2.75, 3.05) is 18.6 Å². The van der Waals surface area contributed by atoms with Gasteiger partial charge < -0.3 is 9.64 Å². The van der Waals surface area contributed by atoms with E-state index in [4.69, 9.17) is 9.72 Å². The third-order valence-electron chi connectivity index (χ3n) is 5.42. The van der Waals surface area contributed by atoms with Gasteiger partial charge in [-0.3, -0.25) is 14.2 Å². The Hall–Kier alpha value is -2.64. The number of fused-ring (bicyclic) bond motifs is 2. The van der Waals surface area contributed by atoms with E-state index in [1.165, 1.54) is 17.3 Å². The second-order valence-corrected chi connectivity index (χ2v) is 8.82. The highest BCUT2D eigenvalue weighted by atomic mass is 32.2. The van der Waals surface area contributed by atoms with E-state index in [1.807, 2.05) is 48.2 Å². The minimum absolute atomic E-state index is 0.0261. The first-order valence-electron chi connectivity index (χ1n) is 10.1. The highest BCUT2D eigenvalue weighted by Gasteiger charge is 2.34. The summed E-state index contributed by atoms with van der Waals surface area (Å²) >= 11 is 1.33. The number of carbonyl (C=O) groups excluding carboxylic acids is 1. The van der Waals surface area contributed by atoms with E-state index in [1.54, 1.807) is 17.7 Å². The summed E-state index contributed by atoms with van der Waals surface area (Å²) in [5, 5.41) is 0.719. The van der Waals surface area contributed by atoms with Crippen LogP contribution in [0.4, 0.5) is 5.69 Å². The molecule has 3 aromatic rings. The second kappa shape index (κ2) is 8.62. The first-order chi connectivity index (χ1) is 14.5. The van der Waals surface area contributed by atoms with Crippen molar-refractivity contribution in [3.05, 3.63) is 64.4 Å². The van der Waals surface area contributed by atoms with Crippen molar-refractivity contribution < 1.29 is 9.53 Å². The van der Waals surface area contributed by atoms with Gasteiger partial charge in [-0.25, -0.2) is 4.98 Å². The number of rotatable bonds is 6. The summed E-state index contributed by atoms with van der Waals surface area (Å²) in [6.07, 6.45) is 0.853. The van der Waals surface area contributed by atoms with E-state index >= 15 is 0 Å². The van der Waals surface area contributed by atoms with Crippen molar-refractivity contribution in [2.45, 2.75) is 43.3 Å². The average molecular weight is 424 g/mol. The first-order valence-corrected chi connectivity index (χ1v) is 11.0. The van der Waals surface area contributed by atoms with E-state index in [0.29, 0.717) is 29.2 Å². The van der Waals surface area contributed by atoms with Gasteiger partial charge in [0.2, 0.25) is 5.91 Å². The molecular weight excluding hydrogens is 398 g/mol. The number of thioether (sulfide) groups is 1. The lowest BCUT2D eigenvalue weighted by molar-refractivity contribution is -0.118. The molecule has 6 nitrogen and oxygen atoms in total. The van der Waals surface area contributed by atoms with Crippen LogP contribution in [0, 0.1) is 0 Å². The summed E-state index contributed by atoms with van der Waals surface area (Å²) < 4.78 is 6.80. The highest BCUT2D eigenvalue weighted by molar-refractivity contribution is 8.00. The van der Waals surface area contributed by atoms with Gasteiger partial charge in [0.25, 0.3) is 5.56 Å². The van der Waals surface area contributed by atoms with Crippen LogP contribution in [0.3, 0.4) is 0 Å². The minimum Gasteiger partial charge on any atom is -0.383 e. The van der Waals surface area contributed by atoms with Crippen molar-refractivity contribution in [3.8, 4) is 0 Å². The Morgan fingerprint density at radius 3 is 2.77 bits per heavy atom. The Morgan fingerprint density at radius 2 is 1.97 bits per heavy atom. The van der Waals surface area contributed by atoms with Gasteiger partial charge in [-0.05, 0) is 44.0 Å². The maximum atomic E-state index is 13.4. The zero-order chi connectivity index (χ0) is 21.3. The summed E-state index contributed by atoms with van der Waals surface area (Å²) in [6.45, 7) is 4.73. The van der Waals surface area contributed by atoms with Crippen molar-refractivity contribution >= 4 is 34.3 Å². The van der Waals surface area contributed by atoms with E-state index in [2.05, 4.69) is 13.0 Å². The Balaban J connectivity index is 1.66. The SMILES string of the molecule is COCCn1c(SC(C)C(=O)N2c3ccccc3CC2C)nc2ccccc2c1=O. The predicted molar refractivity (Wildman–Crippen MR) is 120 cm³/mol. The molecule has 0 N–H and O–H groups in total. The summed E-state index contributed by atoms with van der Waals surface area (Å²) in [6, 6.07) is 15.4. The van der Waals surface area contributed by atoms with Gasteiger partial charge >= 0.3 is 0 Å². The molecule has 0 radical (unpaired) electrons. The van der Waals surface area contributed by atoms with Crippen molar-refractivity contribution in [2.24, 2.45) is 0 Å². The molecule has 1 aliphatic heterocycles. The maximum absolute atomic E-state index is 13.4. The molecule has 0 fully saturated rings. The van der Waals surface area contributed by atoms with Crippen LogP contribution >= 0.6 is 11.8 Å². The number of aromatic nitrogens is 2. The lowest BCUT2D eigenvalue weighted by atomic mass is 10.1. The number of hydrogen-bond donors (Lipinski definition) is 0. The van der Waals surface area contributed by atoms with Gasteiger partial charge in [0.1, 0.15) is 0 Å². The molecule has 0 saturated heterocycles. The number of nitrogens with zero attached hydrogens (tertiary/aromatic N) is 3. The molecule has 156 valence electrons. The third kappa shape index (κ3) is 3.75. The van der Waals surface area contributed by atoms with Crippen LogP contribution in [-0.4, -0.2) is 40.5 Å². The molecule has 0 saturated carbocycles. The molecule has 30 heavy (non-hydrogen) atoms. The summed E-state index contributed by atoms with van der Waals surface area (Å²) in [5.41, 5.74) is 2.69. The quantitative estimate of drug-likeness (QED) is 0.449. The van der Waals surface area contributed by atoms with Gasteiger partial charge in [-0.2, -0.15) is 0 Å². The molecular formula is C23H25N3O3S. The number of para-hydroxylation sites is 2. The van der Waals surface area contributed by atoms with Crippen molar-refractivity contribution in [1.82, 2.24) is 9.55 Å². The molecule has 0 bridgehead atoms. The monoisotopic (exact) mass is 423 g/mol. The average Bonchev–Trinajstić information content (AvgIpc) is 3.08. The van der Waals surface area contributed by atoms with E-state index in [0.717, 1.165) is 12.1 Å². The number of methoxy groups -OCH3 is 1. The van der Waals surface area contributed by atoms with Gasteiger partial charge in [0.15, 0.2) is 5.16 Å². The number of hydrogen-bond acceptors (Lipinski definition) is 5. The number of anilines is 1. The molecule has 2 heterocycles. The first kappa shape index (κ1) is 20.6. The normalized spacial score (nSPS) is 16.6. The van der Waals surface area contributed by atoms with Crippen LogP contribution in [-0.2, 0) is 22.5 Å².